The molecule has 0 aliphatic heterocycles. The molecule has 0 saturated heterocycles. The quantitative estimate of drug-likeness (QED) is 0.293. The van der Waals surface area contributed by atoms with Crippen LogP contribution in [0, 0.1) is 6.92 Å². The molecule has 0 aliphatic rings. The summed E-state index contributed by atoms with van der Waals surface area (Å²) in [5.41, 5.74) is 2.27. The van der Waals surface area contributed by atoms with Crippen molar-refractivity contribution in [3.63, 3.8) is 0 Å². The summed E-state index contributed by atoms with van der Waals surface area (Å²) in [6.07, 6.45) is -2.15. The van der Waals surface area contributed by atoms with Gasteiger partial charge in [0.05, 0.1) is 25.2 Å². The fourth-order valence-electron chi connectivity index (χ4n) is 3.85. The predicted octanol–water partition coefficient (Wildman–Crippen LogP) is 3.57. The van der Waals surface area contributed by atoms with Crippen molar-refractivity contribution in [2.45, 2.75) is 38.0 Å². The minimum atomic E-state index is -4.97. The first-order chi connectivity index (χ1) is 18.3. The summed E-state index contributed by atoms with van der Waals surface area (Å²) >= 11 is 0. The van der Waals surface area contributed by atoms with Gasteiger partial charge in [-0.2, -0.15) is 18.3 Å². The number of nitrogens with zero attached hydrogens (tertiary/aromatic N) is 3. The first-order valence-corrected chi connectivity index (χ1v) is 12.7. The number of aryl methyl sites for hydroxylation is 1. The Morgan fingerprint density at radius 2 is 1.90 bits per heavy atom. The summed E-state index contributed by atoms with van der Waals surface area (Å²) in [4.78, 5) is 22.4. The molecule has 0 fully saturated rings. The number of rotatable bonds is 9. The maximum Gasteiger partial charge on any atom is 0.471 e. The first kappa shape index (κ1) is 27.6. The molecule has 0 unspecified atom stereocenters. The van der Waals surface area contributed by atoms with Gasteiger partial charge in [0.1, 0.15) is 10.6 Å². The lowest BCUT2D eigenvalue weighted by molar-refractivity contribution is -0.173. The highest BCUT2D eigenvalue weighted by atomic mass is 32.2. The van der Waals surface area contributed by atoms with Crippen molar-refractivity contribution < 1.29 is 40.4 Å². The van der Waals surface area contributed by atoms with Gasteiger partial charge in [-0.1, -0.05) is 11.2 Å². The second-order valence-corrected chi connectivity index (χ2v) is 10.2. The molecule has 2 heterocycles. The third-order valence-corrected chi connectivity index (χ3v) is 7.04. The predicted molar refractivity (Wildman–Crippen MR) is 132 cm³/mol. The van der Waals surface area contributed by atoms with Crippen LogP contribution in [0.15, 0.2) is 52.1 Å². The maximum absolute atomic E-state index is 13.1. The topological polar surface area (TPSA) is 145 Å². The Balaban J connectivity index is 1.53. The summed E-state index contributed by atoms with van der Waals surface area (Å²) in [6.45, 7) is 2.95. The van der Waals surface area contributed by atoms with Gasteiger partial charge in [-0.25, -0.2) is 8.42 Å². The number of anilines is 1. The van der Waals surface area contributed by atoms with Crippen molar-refractivity contribution in [3.05, 3.63) is 65.0 Å². The number of carbonyl (C=O) groups excluding carboxylic acids is 2. The van der Waals surface area contributed by atoms with Crippen LogP contribution in [-0.4, -0.2) is 48.3 Å². The number of alkyl halides is 3. The van der Waals surface area contributed by atoms with Gasteiger partial charge in [0.2, 0.25) is 0 Å². The maximum atomic E-state index is 13.1. The number of ether oxygens (including phenoxy) is 1. The van der Waals surface area contributed by atoms with E-state index in [4.69, 9.17) is 9.26 Å². The molecule has 0 atom stereocenters. The highest BCUT2D eigenvalue weighted by molar-refractivity contribution is 7.92. The standard InChI is InChI=1S/C24H22F3N5O6S/c1-13-6-15(11-32-12-16(10-29-32)9-28-23(34)24(25,26)27)7-19-21(13)22(30-38-19)31-39(35,36)20-5-4-17(14(2)33)8-18(20)37-3/h4-8,10,12H,9,11H2,1-3H3,(H,28,34)(H,30,31). The van der Waals surface area contributed by atoms with Crippen molar-refractivity contribution >= 4 is 38.5 Å². The van der Waals surface area contributed by atoms with Crippen molar-refractivity contribution in [2.75, 3.05) is 11.8 Å². The number of sulfonamides is 1. The second kappa shape index (κ2) is 10.4. The Morgan fingerprint density at radius 3 is 2.56 bits per heavy atom. The number of nitrogens with one attached hydrogen (secondary N) is 2. The molecular formula is C24H22F3N5O6S. The molecule has 4 rings (SSSR count). The molecule has 2 aromatic heterocycles. The summed E-state index contributed by atoms with van der Waals surface area (Å²) < 4.78 is 77.7. The van der Waals surface area contributed by atoms with E-state index in [1.54, 1.807) is 24.4 Å². The molecule has 0 bridgehead atoms. The van der Waals surface area contributed by atoms with Crippen molar-refractivity contribution in [1.29, 1.82) is 0 Å². The molecule has 0 aliphatic carbocycles. The van der Waals surface area contributed by atoms with Crippen LogP contribution in [0.4, 0.5) is 19.0 Å². The largest absolute Gasteiger partial charge is 0.495 e. The number of halogens is 3. The van der Waals surface area contributed by atoms with E-state index in [2.05, 4.69) is 15.0 Å². The van der Waals surface area contributed by atoms with Crippen LogP contribution in [0.1, 0.15) is 34.0 Å². The highest BCUT2D eigenvalue weighted by Crippen LogP contribution is 2.32. The summed E-state index contributed by atoms with van der Waals surface area (Å²) in [7, 11) is -2.89. The second-order valence-electron chi connectivity index (χ2n) is 8.57. The zero-order valence-electron chi connectivity index (χ0n) is 20.8. The van der Waals surface area contributed by atoms with Gasteiger partial charge >= 0.3 is 12.1 Å². The van der Waals surface area contributed by atoms with Crippen LogP contribution in [0.25, 0.3) is 11.0 Å². The van der Waals surface area contributed by atoms with Crippen LogP contribution in [0.5, 0.6) is 5.75 Å². The van der Waals surface area contributed by atoms with Crippen LogP contribution in [0.3, 0.4) is 0 Å². The van der Waals surface area contributed by atoms with Crippen LogP contribution >= 0.6 is 0 Å². The molecule has 11 nitrogen and oxygen atoms in total. The average molecular weight is 566 g/mol. The van der Waals surface area contributed by atoms with E-state index in [1.807, 2.05) is 0 Å². The zero-order chi connectivity index (χ0) is 28.5. The molecule has 0 saturated carbocycles. The van der Waals surface area contributed by atoms with Crippen LogP contribution in [0.2, 0.25) is 0 Å². The number of Topliss-reactive ketones (excluding diaryl/α,β-unsaturated/α-hetero) is 1. The minimum absolute atomic E-state index is 0.0152. The lowest BCUT2D eigenvalue weighted by Gasteiger charge is -2.11. The minimum Gasteiger partial charge on any atom is -0.495 e. The summed E-state index contributed by atoms with van der Waals surface area (Å²) in [6, 6.07) is 7.36. The molecule has 206 valence electrons. The monoisotopic (exact) mass is 565 g/mol. The Kier molecular flexibility index (Phi) is 7.37. The van der Waals surface area contributed by atoms with E-state index in [9.17, 15) is 31.2 Å². The smallest absolute Gasteiger partial charge is 0.471 e. The molecule has 39 heavy (non-hydrogen) atoms. The molecule has 15 heteroatoms. The zero-order valence-corrected chi connectivity index (χ0v) is 21.6. The Morgan fingerprint density at radius 1 is 1.15 bits per heavy atom. The van der Waals surface area contributed by atoms with Gasteiger partial charge in [-0.05, 0) is 49.2 Å². The number of fused-ring (bicyclic) bond motifs is 1. The van der Waals surface area contributed by atoms with E-state index >= 15 is 0 Å². The molecule has 1 amide bonds. The van der Waals surface area contributed by atoms with E-state index in [1.165, 1.54) is 49.3 Å². The fraction of sp³-hybridized carbons (Fsp3) is 0.250. The van der Waals surface area contributed by atoms with Crippen molar-refractivity contribution in [3.8, 4) is 5.75 Å². The normalized spacial score (nSPS) is 11.9. The van der Waals surface area contributed by atoms with E-state index in [0.29, 0.717) is 22.1 Å². The Hall–Kier alpha value is -4.40. The van der Waals surface area contributed by atoms with Gasteiger partial charge in [0, 0.05) is 23.9 Å². The fourth-order valence-corrected chi connectivity index (χ4v) is 5.01. The summed E-state index contributed by atoms with van der Waals surface area (Å²) in [5.74, 6) is -2.36. The number of amides is 1. The van der Waals surface area contributed by atoms with Gasteiger partial charge in [-0.3, -0.25) is 19.0 Å². The van der Waals surface area contributed by atoms with Crippen molar-refractivity contribution in [2.24, 2.45) is 0 Å². The first-order valence-electron chi connectivity index (χ1n) is 11.3. The SMILES string of the molecule is COc1cc(C(C)=O)ccc1S(=O)(=O)Nc1noc2cc(Cn3cc(CNC(=O)C(F)(F)F)cn3)cc(C)c12. The Labute approximate surface area is 220 Å². The molecule has 0 spiro atoms. The average Bonchev–Trinajstić information content (AvgIpc) is 3.48. The van der Waals surface area contributed by atoms with Crippen LogP contribution < -0.4 is 14.8 Å². The van der Waals surface area contributed by atoms with Crippen LogP contribution in [-0.2, 0) is 27.9 Å². The van der Waals surface area contributed by atoms with Gasteiger partial charge in [0.25, 0.3) is 10.0 Å². The number of carbonyl (C=O) groups is 2. The van der Waals surface area contributed by atoms with Gasteiger partial charge in [0.15, 0.2) is 17.2 Å². The third kappa shape index (κ3) is 6.03. The number of hydrogen-bond acceptors (Lipinski definition) is 8. The van der Waals surface area contributed by atoms with E-state index in [-0.39, 0.29) is 46.5 Å². The lowest BCUT2D eigenvalue weighted by atomic mass is 10.1. The van der Waals surface area contributed by atoms with Crippen molar-refractivity contribution in [1.82, 2.24) is 20.3 Å². The number of hydrogen-bond donors (Lipinski definition) is 2. The van der Waals surface area contributed by atoms with E-state index < -0.39 is 22.1 Å². The lowest BCUT2D eigenvalue weighted by Crippen LogP contribution is -2.36. The third-order valence-electron chi connectivity index (χ3n) is 5.66. The molecule has 0 radical (unpaired) electrons. The van der Waals surface area contributed by atoms with E-state index in [0.717, 1.165) is 0 Å². The van der Waals surface area contributed by atoms with Gasteiger partial charge in [-0.15, -0.1) is 0 Å². The molecule has 2 N–H and O–H groups in total. The molecular weight excluding hydrogens is 543 g/mol. The number of ketones is 1. The molecule has 2 aromatic carbocycles. The van der Waals surface area contributed by atoms with Gasteiger partial charge < -0.3 is 14.6 Å². The Bertz CT molecular complexity index is 1680. The number of benzene rings is 2. The summed E-state index contributed by atoms with van der Waals surface area (Å²) in [5, 5.41) is 10.2. The molecule has 4 aromatic rings. The number of aromatic nitrogens is 3. The number of methoxy groups -OCH3 is 1. The highest BCUT2D eigenvalue weighted by Gasteiger charge is 2.38.